The largest absolute Gasteiger partial charge is 0.396 e. The highest BCUT2D eigenvalue weighted by Crippen LogP contribution is 2.41. The average molecular weight is 299 g/mol. The molecule has 7 nitrogen and oxygen atoms in total. The second-order valence-corrected chi connectivity index (χ2v) is 5.42. The van der Waals surface area contributed by atoms with Gasteiger partial charge in [-0.3, -0.25) is 4.79 Å². The SMILES string of the molecule is CSc1c(NCCc2ncno2)sc(C(N)=O)c1N. The molecule has 0 bridgehead atoms. The smallest absolute Gasteiger partial charge is 0.261 e. The van der Waals surface area contributed by atoms with Crippen LogP contribution in [0, 0.1) is 0 Å². The number of thiophene rings is 1. The third-order valence-electron chi connectivity index (χ3n) is 2.36. The molecule has 0 aliphatic heterocycles. The van der Waals surface area contributed by atoms with E-state index in [4.69, 9.17) is 16.0 Å². The highest BCUT2D eigenvalue weighted by atomic mass is 32.2. The zero-order valence-electron chi connectivity index (χ0n) is 10.2. The minimum Gasteiger partial charge on any atom is -0.396 e. The number of anilines is 2. The lowest BCUT2D eigenvalue weighted by Gasteiger charge is -2.04. The van der Waals surface area contributed by atoms with E-state index in [1.165, 1.54) is 29.4 Å². The third-order valence-corrected chi connectivity index (χ3v) is 4.50. The number of amides is 1. The van der Waals surface area contributed by atoms with Gasteiger partial charge in [0.1, 0.15) is 9.88 Å². The zero-order valence-corrected chi connectivity index (χ0v) is 11.8. The Balaban J connectivity index is 2.07. The van der Waals surface area contributed by atoms with Crippen molar-refractivity contribution in [2.75, 3.05) is 23.9 Å². The summed E-state index contributed by atoms with van der Waals surface area (Å²) in [5.74, 6) is 0.0422. The van der Waals surface area contributed by atoms with Crippen LogP contribution in [0.1, 0.15) is 15.6 Å². The Morgan fingerprint density at radius 2 is 2.42 bits per heavy atom. The molecule has 102 valence electrons. The lowest BCUT2D eigenvalue weighted by Crippen LogP contribution is -2.10. The van der Waals surface area contributed by atoms with Crippen molar-refractivity contribution in [2.45, 2.75) is 11.3 Å². The van der Waals surface area contributed by atoms with E-state index in [0.717, 1.165) is 9.90 Å². The van der Waals surface area contributed by atoms with E-state index in [9.17, 15) is 4.79 Å². The van der Waals surface area contributed by atoms with Crippen molar-refractivity contribution in [3.8, 4) is 0 Å². The van der Waals surface area contributed by atoms with Crippen LogP contribution in [0.15, 0.2) is 15.7 Å². The number of aromatic nitrogens is 2. The van der Waals surface area contributed by atoms with Gasteiger partial charge in [-0.15, -0.1) is 23.1 Å². The van der Waals surface area contributed by atoms with Crippen molar-refractivity contribution >= 4 is 39.7 Å². The third kappa shape index (κ3) is 2.99. The van der Waals surface area contributed by atoms with Crippen LogP contribution in [0.3, 0.4) is 0 Å². The van der Waals surface area contributed by atoms with Gasteiger partial charge in [0.15, 0.2) is 6.33 Å². The highest BCUT2D eigenvalue weighted by Gasteiger charge is 2.18. The molecule has 0 fully saturated rings. The van der Waals surface area contributed by atoms with Crippen molar-refractivity contribution in [1.29, 1.82) is 0 Å². The predicted octanol–water partition coefficient (Wildman–Crippen LogP) is 1.19. The number of hydrogen-bond donors (Lipinski definition) is 3. The molecule has 9 heteroatoms. The molecule has 0 radical (unpaired) electrons. The molecule has 2 aromatic heterocycles. The maximum atomic E-state index is 11.2. The monoisotopic (exact) mass is 299 g/mol. The Morgan fingerprint density at radius 1 is 1.63 bits per heavy atom. The van der Waals surface area contributed by atoms with E-state index in [1.54, 1.807) is 0 Å². The van der Waals surface area contributed by atoms with E-state index in [1.807, 2.05) is 6.26 Å². The van der Waals surface area contributed by atoms with E-state index in [-0.39, 0.29) is 0 Å². The quantitative estimate of drug-likeness (QED) is 0.685. The molecule has 0 spiro atoms. The Kier molecular flexibility index (Phi) is 4.27. The first-order valence-corrected chi connectivity index (χ1v) is 7.43. The van der Waals surface area contributed by atoms with Gasteiger partial charge >= 0.3 is 0 Å². The van der Waals surface area contributed by atoms with Gasteiger partial charge in [-0.1, -0.05) is 5.16 Å². The summed E-state index contributed by atoms with van der Waals surface area (Å²) < 4.78 is 4.89. The Morgan fingerprint density at radius 3 is 3.00 bits per heavy atom. The number of hydrogen-bond acceptors (Lipinski definition) is 8. The summed E-state index contributed by atoms with van der Waals surface area (Å²) in [5.41, 5.74) is 11.6. The van der Waals surface area contributed by atoms with Crippen LogP contribution in [0.25, 0.3) is 0 Å². The summed E-state index contributed by atoms with van der Waals surface area (Å²) in [6.07, 6.45) is 3.85. The first kappa shape index (κ1) is 13.7. The fraction of sp³-hybridized carbons (Fsp3) is 0.300. The van der Waals surface area contributed by atoms with Crippen LogP contribution >= 0.6 is 23.1 Å². The maximum absolute atomic E-state index is 11.2. The maximum Gasteiger partial charge on any atom is 0.261 e. The molecular formula is C10H13N5O2S2. The molecule has 0 unspecified atom stereocenters. The Labute approximate surface area is 117 Å². The summed E-state index contributed by atoms with van der Waals surface area (Å²) in [7, 11) is 0. The number of nitrogen functional groups attached to an aromatic ring is 1. The molecule has 2 heterocycles. The molecule has 5 N–H and O–H groups in total. The number of nitrogens with one attached hydrogen (secondary N) is 1. The van der Waals surface area contributed by atoms with Gasteiger partial charge in [-0.05, 0) is 6.26 Å². The van der Waals surface area contributed by atoms with Crippen LogP contribution in [0.4, 0.5) is 10.7 Å². The molecule has 0 saturated heterocycles. The Bertz CT molecular complexity index is 567. The second-order valence-electron chi connectivity index (χ2n) is 3.58. The van der Waals surface area contributed by atoms with Gasteiger partial charge in [0.2, 0.25) is 5.89 Å². The first-order chi connectivity index (χ1) is 9.13. The number of carbonyl (C=O) groups excluding carboxylic acids is 1. The molecule has 19 heavy (non-hydrogen) atoms. The average Bonchev–Trinajstić information content (AvgIpc) is 2.97. The molecule has 0 aliphatic rings. The van der Waals surface area contributed by atoms with Gasteiger partial charge in [-0.2, -0.15) is 4.98 Å². The summed E-state index contributed by atoms with van der Waals surface area (Å²) in [5, 5.41) is 7.56. The number of nitrogens with two attached hydrogens (primary N) is 2. The van der Waals surface area contributed by atoms with Crippen molar-refractivity contribution in [3.05, 3.63) is 17.1 Å². The first-order valence-electron chi connectivity index (χ1n) is 5.39. The van der Waals surface area contributed by atoms with Crippen LogP contribution in [0.5, 0.6) is 0 Å². The van der Waals surface area contributed by atoms with E-state index < -0.39 is 5.91 Å². The molecule has 0 aliphatic carbocycles. The second kappa shape index (κ2) is 5.93. The molecule has 1 amide bonds. The van der Waals surface area contributed by atoms with Gasteiger partial charge < -0.3 is 21.3 Å². The van der Waals surface area contributed by atoms with Gasteiger partial charge in [-0.25, -0.2) is 0 Å². The molecule has 0 atom stereocenters. The lowest BCUT2D eigenvalue weighted by molar-refractivity contribution is 0.100. The molecule has 0 saturated carbocycles. The molecule has 2 rings (SSSR count). The topological polar surface area (TPSA) is 120 Å². The van der Waals surface area contributed by atoms with E-state index in [2.05, 4.69) is 15.5 Å². The zero-order chi connectivity index (χ0) is 13.8. The molecular weight excluding hydrogens is 286 g/mol. The lowest BCUT2D eigenvalue weighted by atomic mass is 10.3. The number of carbonyl (C=O) groups is 1. The number of rotatable bonds is 6. The predicted molar refractivity (Wildman–Crippen MR) is 75.5 cm³/mol. The number of nitrogens with zero attached hydrogens (tertiary/aromatic N) is 2. The Hall–Kier alpha value is -1.74. The van der Waals surface area contributed by atoms with Gasteiger partial charge in [0.25, 0.3) is 5.91 Å². The number of thioether (sulfide) groups is 1. The fourth-order valence-corrected chi connectivity index (χ4v) is 3.43. The highest BCUT2D eigenvalue weighted by molar-refractivity contribution is 7.99. The van der Waals surface area contributed by atoms with Crippen LogP contribution in [0.2, 0.25) is 0 Å². The normalized spacial score (nSPS) is 10.6. The van der Waals surface area contributed by atoms with Crippen molar-refractivity contribution < 1.29 is 9.32 Å². The van der Waals surface area contributed by atoms with Crippen molar-refractivity contribution in [2.24, 2.45) is 5.73 Å². The minimum absolute atomic E-state index is 0.379. The van der Waals surface area contributed by atoms with E-state index in [0.29, 0.717) is 29.4 Å². The van der Waals surface area contributed by atoms with Gasteiger partial charge in [0, 0.05) is 13.0 Å². The van der Waals surface area contributed by atoms with Crippen LogP contribution in [-0.2, 0) is 6.42 Å². The van der Waals surface area contributed by atoms with Crippen LogP contribution in [-0.4, -0.2) is 28.8 Å². The fourth-order valence-electron chi connectivity index (χ4n) is 1.52. The van der Waals surface area contributed by atoms with Crippen molar-refractivity contribution in [1.82, 2.24) is 10.1 Å². The standard InChI is InChI=1S/C10H13N5O2S2/c1-18-8-6(11)7(9(12)16)19-10(8)13-3-2-5-14-4-15-17-5/h4,13H,2-3,11H2,1H3,(H2,12,16). The summed E-state index contributed by atoms with van der Waals surface area (Å²) in [4.78, 5) is 16.4. The van der Waals surface area contributed by atoms with E-state index >= 15 is 0 Å². The van der Waals surface area contributed by atoms with Crippen molar-refractivity contribution in [3.63, 3.8) is 0 Å². The summed E-state index contributed by atoms with van der Waals surface area (Å²) in [6.45, 7) is 0.605. The van der Waals surface area contributed by atoms with Crippen LogP contribution < -0.4 is 16.8 Å². The minimum atomic E-state index is -0.511. The summed E-state index contributed by atoms with van der Waals surface area (Å²) >= 11 is 2.73. The number of primary amides is 1. The molecule has 2 aromatic rings. The summed E-state index contributed by atoms with van der Waals surface area (Å²) in [6, 6.07) is 0. The molecule has 0 aromatic carbocycles. The van der Waals surface area contributed by atoms with Gasteiger partial charge in [0.05, 0.1) is 10.6 Å².